The van der Waals surface area contributed by atoms with E-state index in [1.807, 2.05) is 74.8 Å². The monoisotopic (exact) mass is 899 g/mol. The van der Waals surface area contributed by atoms with E-state index in [2.05, 4.69) is 202 Å². The highest BCUT2D eigenvalue weighted by Gasteiger charge is 2.45. The van der Waals surface area contributed by atoms with Crippen LogP contribution in [0.25, 0.3) is 0 Å². The van der Waals surface area contributed by atoms with Crippen molar-refractivity contribution >= 4 is 70.8 Å². The van der Waals surface area contributed by atoms with E-state index in [9.17, 15) is 0 Å². The van der Waals surface area contributed by atoms with E-state index < -0.39 is 7.12 Å². The van der Waals surface area contributed by atoms with E-state index in [0.717, 1.165) is 39.8 Å². The largest absolute Gasteiger partial charge is 0.488 e. The van der Waals surface area contributed by atoms with Gasteiger partial charge < -0.3 is 30.3 Å². The van der Waals surface area contributed by atoms with E-state index in [-0.39, 0.29) is 17.8 Å². The fourth-order valence-electron chi connectivity index (χ4n) is 8.59. The first-order valence-electron chi connectivity index (χ1n) is 23.3. The van der Waals surface area contributed by atoms with E-state index in [4.69, 9.17) is 15.0 Å². The number of hydrogen-bond acceptors (Lipinski definition) is 8. The van der Waals surface area contributed by atoms with Crippen LogP contribution < -0.4 is 31.2 Å². The molecule has 9 rings (SSSR count). The first-order valence-corrected chi connectivity index (χ1v) is 23.3. The number of pyridine rings is 2. The molecule has 3 heterocycles. The van der Waals surface area contributed by atoms with Gasteiger partial charge in [-0.25, -0.2) is 9.97 Å². The summed E-state index contributed by atoms with van der Waals surface area (Å²) in [4.78, 5) is 14.2. The van der Waals surface area contributed by atoms with Crippen LogP contribution in [0.4, 0.5) is 45.8 Å². The Morgan fingerprint density at radius 1 is 0.485 bits per heavy atom. The normalized spacial score (nSPS) is 12.0. The molecule has 0 spiro atoms. The molecular formula is C58H64B2N6O2. The molecule has 68 heavy (non-hydrogen) atoms. The predicted molar refractivity (Wildman–Crippen MR) is 290 cm³/mol. The molecule has 8 aromatic rings. The number of benzene rings is 6. The van der Waals surface area contributed by atoms with Gasteiger partial charge in [0, 0.05) is 23.8 Å². The van der Waals surface area contributed by atoms with Crippen molar-refractivity contribution in [2.45, 2.75) is 80.1 Å². The molecule has 4 N–H and O–H groups in total. The third-order valence-corrected chi connectivity index (χ3v) is 12.3. The Balaban J connectivity index is 0.000000170. The summed E-state index contributed by atoms with van der Waals surface area (Å²) in [7, 11) is -1.35. The lowest BCUT2D eigenvalue weighted by Crippen LogP contribution is -2.55. The van der Waals surface area contributed by atoms with E-state index in [0.29, 0.717) is 5.46 Å². The Kier molecular flexibility index (Phi) is 15.2. The third-order valence-electron chi connectivity index (χ3n) is 12.3. The molecule has 10 heteroatoms. The fraction of sp³-hybridized carbons (Fsp3) is 0.207. The molecule has 0 bridgehead atoms. The van der Waals surface area contributed by atoms with Gasteiger partial charge >= 0.3 is 14.1 Å². The molecule has 1 aliphatic heterocycles. The number of rotatable bonds is 8. The third kappa shape index (κ3) is 11.5. The lowest BCUT2D eigenvalue weighted by molar-refractivity contribution is 0.425. The minimum atomic E-state index is -1.35. The van der Waals surface area contributed by atoms with Gasteiger partial charge in [-0.2, -0.15) is 0 Å². The number of nitrogens with zero attached hydrogens (tertiary/aromatic N) is 4. The van der Waals surface area contributed by atoms with Crippen molar-refractivity contribution in [3.8, 4) is 0 Å². The number of fused-ring (bicyclic) bond motifs is 1. The average molecular weight is 899 g/mol. The Bertz CT molecular complexity index is 2890. The minimum Gasteiger partial charge on any atom is -0.423 e. The summed E-state index contributed by atoms with van der Waals surface area (Å²) in [5.41, 5.74) is 15.6. The second-order valence-corrected chi connectivity index (χ2v) is 19.4. The van der Waals surface area contributed by atoms with Crippen molar-refractivity contribution in [2.24, 2.45) is 0 Å². The Morgan fingerprint density at radius 2 is 0.956 bits per heavy atom. The Hall–Kier alpha value is -7.13. The van der Waals surface area contributed by atoms with Crippen LogP contribution in [0, 0.1) is 27.7 Å². The van der Waals surface area contributed by atoms with Crippen LogP contribution in [-0.2, 0) is 10.8 Å². The van der Waals surface area contributed by atoms with Crippen LogP contribution in [0.15, 0.2) is 182 Å². The second-order valence-electron chi connectivity index (χ2n) is 19.4. The Morgan fingerprint density at radius 3 is 1.50 bits per heavy atom. The van der Waals surface area contributed by atoms with Gasteiger partial charge in [-0.15, -0.1) is 0 Å². The first kappa shape index (κ1) is 48.8. The summed E-state index contributed by atoms with van der Waals surface area (Å²) in [5, 5.41) is 24.8. The van der Waals surface area contributed by atoms with Gasteiger partial charge in [-0.1, -0.05) is 161 Å². The smallest absolute Gasteiger partial charge is 0.423 e. The van der Waals surface area contributed by atoms with Gasteiger partial charge in [-0.05, 0) is 133 Å². The number of hydrogen-bond donors (Lipinski definition) is 4. The second kappa shape index (κ2) is 21.2. The van der Waals surface area contributed by atoms with Gasteiger partial charge in [0.2, 0.25) is 0 Å². The molecule has 0 aliphatic carbocycles. The lowest BCUT2D eigenvalue weighted by atomic mass is 9.61. The number of para-hydroxylation sites is 6. The van der Waals surface area contributed by atoms with Gasteiger partial charge in [0.25, 0.3) is 0 Å². The number of nitrogens with one attached hydrogen (secondary N) is 2. The summed E-state index contributed by atoms with van der Waals surface area (Å²) in [5.74, 6) is 1.82. The highest BCUT2D eigenvalue weighted by molar-refractivity contribution is 6.85. The highest BCUT2D eigenvalue weighted by Crippen LogP contribution is 2.46. The van der Waals surface area contributed by atoms with Gasteiger partial charge in [-0.3, -0.25) is 0 Å². The number of aromatic nitrogens is 2. The summed E-state index contributed by atoms with van der Waals surface area (Å²) < 4.78 is 0. The highest BCUT2D eigenvalue weighted by atomic mass is 16.4. The van der Waals surface area contributed by atoms with Crippen molar-refractivity contribution in [3.63, 3.8) is 0 Å². The van der Waals surface area contributed by atoms with E-state index in [1.165, 1.54) is 44.8 Å². The van der Waals surface area contributed by atoms with Crippen molar-refractivity contribution in [1.29, 1.82) is 0 Å². The topological polar surface area (TPSA) is 96.8 Å². The van der Waals surface area contributed by atoms with Crippen molar-refractivity contribution in [3.05, 3.63) is 216 Å². The summed E-state index contributed by atoms with van der Waals surface area (Å²) in [6.07, 6.45) is 3.81. The average Bonchev–Trinajstić information content (AvgIpc) is 3.65. The first-order chi connectivity index (χ1) is 32.5. The molecule has 8 nitrogen and oxygen atoms in total. The van der Waals surface area contributed by atoms with Crippen LogP contribution in [0.2, 0.25) is 0 Å². The molecule has 0 fully saturated rings. The molecule has 0 atom stereocenters. The van der Waals surface area contributed by atoms with Crippen LogP contribution in [0.1, 0.15) is 74.9 Å². The standard InChI is InChI=1S/C29H30BN3.C21H23N3.C8H11BO2/c1-21-12-11-13-22(2)28(21)30-32(24-14-7-6-8-15-24)25-16-9-10-17-26(25)33(30)27-20-23(18-19-31-27)29(3,4)5;1-21(2,3)16-13-14-22-20(15-16)24-19-12-8-7-11-18(19)23-17-9-5-4-6-10-17;1-6-4-3-5-7(2)8(6)9(10)11/h6-20H,1-5H3;4-15,23H,1-3H3,(H,22,24);3-5,10-11H,1-2H3. The van der Waals surface area contributed by atoms with Crippen molar-refractivity contribution in [2.75, 3.05) is 20.3 Å². The minimum absolute atomic E-state index is 0.0336. The number of anilines is 8. The maximum absolute atomic E-state index is 8.94. The van der Waals surface area contributed by atoms with Crippen molar-refractivity contribution in [1.82, 2.24) is 9.97 Å². The quantitative estimate of drug-likeness (QED) is 0.112. The number of aryl methyl sites for hydroxylation is 4. The summed E-state index contributed by atoms with van der Waals surface area (Å²) >= 11 is 0. The van der Waals surface area contributed by atoms with Gasteiger partial charge in [0.05, 0.1) is 22.7 Å². The van der Waals surface area contributed by atoms with E-state index >= 15 is 0 Å². The van der Waals surface area contributed by atoms with E-state index in [1.54, 1.807) is 0 Å². The molecule has 0 unspecified atom stereocenters. The van der Waals surface area contributed by atoms with Crippen molar-refractivity contribution < 1.29 is 10.0 Å². The zero-order valence-electron chi connectivity index (χ0n) is 41.2. The zero-order valence-corrected chi connectivity index (χ0v) is 41.2. The lowest BCUT2D eigenvalue weighted by Gasteiger charge is -2.32. The summed E-state index contributed by atoms with van der Waals surface area (Å²) in [6, 6.07) is 58.4. The SMILES string of the molecule is CC(C)(C)c1ccnc(Nc2ccccc2Nc2ccccc2)c1.Cc1cccc(C)c1B(O)O.Cc1cccc(C)c1B1N(c2ccccc2)c2ccccc2N1c1cc(C(C)(C)C)ccn1. The van der Waals surface area contributed by atoms with Crippen LogP contribution in [0.3, 0.4) is 0 Å². The molecule has 1 aliphatic rings. The van der Waals surface area contributed by atoms with Crippen LogP contribution >= 0.6 is 0 Å². The zero-order chi connectivity index (χ0) is 48.6. The molecule has 0 radical (unpaired) electrons. The fourth-order valence-corrected chi connectivity index (χ4v) is 8.59. The Labute approximate surface area is 405 Å². The molecule has 2 aromatic heterocycles. The molecule has 6 aromatic carbocycles. The van der Waals surface area contributed by atoms with Gasteiger partial charge in [0.1, 0.15) is 11.6 Å². The van der Waals surface area contributed by atoms with Crippen LogP contribution in [-0.4, -0.2) is 34.1 Å². The molecule has 0 saturated heterocycles. The molecule has 0 saturated carbocycles. The maximum atomic E-state index is 8.94. The molecular weight excluding hydrogens is 834 g/mol. The summed E-state index contributed by atoms with van der Waals surface area (Å²) in [6.45, 7) is 21.5. The maximum Gasteiger partial charge on any atom is 0.488 e. The van der Waals surface area contributed by atoms with Crippen LogP contribution in [0.5, 0.6) is 0 Å². The predicted octanol–water partition coefficient (Wildman–Crippen LogP) is 12.5. The van der Waals surface area contributed by atoms with Gasteiger partial charge in [0.15, 0.2) is 0 Å². The molecule has 0 amide bonds. The molecule has 344 valence electrons.